The van der Waals surface area contributed by atoms with Gasteiger partial charge < -0.3 is 5.73 Å². The molecule has 0 unspecified atom stereocenters. The van der Waals surface area contributed by atoms with E-state index in [9.17, 15) is 4.39 Å². The molecule has 17 heavy (non-hydrogen) atoms. The number of thiazole rings is 1. The van der Waals surface area contributed by atoms with E-state index in [0.29, 0.717) is 5.56 Å². The van der Waals surface area contributed by atoms with Crippen molar-refractivity contribution in [3.63, 3.8) is 0 Å². The van der Waals surface area contributed by atoms with E-state index in [1.54, 1.807) is 24.3 Å². The first-order valence-electron chi connectivity index (χ1n) is 5.60. The molecule has 0 amide bonds. The maximum absolute atomic E-state index is 13.2. The predicted octanol–water partition coefficient (Wildman–Crippen LogP) is 3.21. The molecule has 4 heteroatoms. The summed E-state index contributed by atoms with van der Waals surface area (Å²) >= 11 is 1.59. The lowest BCUT2D eigenvalue weighted by Crippen LogP contribution is -2.18. The van der Waals surface area contributed by atoms with Crippen LogP contribution in [0.2, 0.25) is 0 Å². The fourth-order valence-corrected chi connectivity index (χ4v) is 2.79. The number of aromatic nitrogens is 1. The fraction of sp³-hybridized carbons (Fsp3) is 0.308. The second-order valence-electron chi connectivity index (χ2n) is 4.66. The summed E-state index contributed by atoms with van der Waals surface area (Å²) in [5, 5.41) is 2.99. The number of hydrogen-bond acceptors (Lipinski definition) is 3. The van der Waals surface area contributed by atoms with E-state index in [0.717, 1.165) is 29.1 Å². The van der Waals surface area contributed by atoms with Gasteiger partial charge in [0, 0.05) is 10.9 Å². The highest BCUT2D eigenvalue weighted by Gasteiger charge is 2.42. The molecule has 1 fully saturated rings. The van der Waals surface area contributed by atoms with E-state index < -0.39 is 0 Å². The van der Waals surface area contributed by atoms with Crippen molar-refractivity contribution < 1.29 is 4.39 Å². The van der Waals surface area contributed by atoms with Crippen LogP contribution in [0.15, 0.2) is 23.6 Å². The van der Waals surface area contributed by atoms with E-state index in [4.69, 9.17) is 5.73 Å². The summed E-state index contributed by atoms with van der Waals surface area (Å²) in [6, 6.07) is 5.07. The maximum Gasteiger partial charge on any atom is 0.126 e. The molecule has 1 aliphatic carbocycles. The van der Waals surface area contributed by atoms with Gasteiger partial charge in [-0.3, -0.25) is 0 Å². The van der Waals surface area contributed by atoms with Gasteiger partial charge in [0.15, 0.2) is 0 Å². The lowest BCUT2D eigenvalue weighted by atomic mass is 10.1. The average molecular weight is 248 g/mol. The van der Waals surface area contributed by atoms with Gasteiger partial charge in [-0.05, 0) is 43.5 Å². The normalized spacial score (nSPS) is 17.1. The molecule has 0 aliphatic heterocycles. The third kappa shape index (κ3) is 1.87. The van der Waals surface area contributed by atoms with Crippen molar-refractivity contribution in [1.82, 2.24) is 4.98 Å². The second-order valence-corrected chi connectivity index (χ2v) is 5.52. The summed E-state index contributed by atoms with van der Waals surface area (Å²) in [5.74, 6) is -0.179. The van der Waals surface area contributed by atoms with Gasteiger partial charge >= 0.3 is 0 Å². The van der Waals surface area contributed by atoms with Gasteiger partial charge in [-0.2, -0.15) is 0 Å². The molecule has 3 rings (SSSR count). The number of rotatable bonds is 2. The number of halogens is 1. The zero-order valence-electron chi connectivity index (χ0n) is 9.53. The van der Waals surface area contributed by atoms with E-state index >= 15 is 0 Å². The maximum atomic E-state index is 13.2. The van der Waals surface area contributed by atoms with Crippen LogP contribution >= 0.6 is 11.3 Å². The monoisotopic (exact) mass is 248 g/mol. The highest BCUT2D eigenvalue weighted by atomic mass is 32.1. The summed E-state index contributed by atoms with van der Waals surface area (Å²) in [6.07, 6.45) is 2.03. The Hall–Kier alpha value is -1.26. The van der Waals surface area contributed by atoms with Gasteiger partial charge in [-0.1, -0.05) is 0 Å². The van der Waals surface area contributed by atoms with Crippen LogP contribution in [-0.2, 0) is 5.54 Å². The van der Waals surface area contributed by atoms with Crippen LogP contribution < -0.4 is 5.73 Å². The zero-order valence-corrected chi connectivity index (χ0v) is 10.4. The number of aryl methyl sites for hydroxylation is 1. The van der Waals surface area contributed by atoms with Crippen molar-refractivity contribution in [2.75, 3.05) is 0 Å². The smallest absolute Gasteiger partial charge is 0.126 e. The molecule has 1 aliphatic rings. The van der Waals surface area contributed by atoms with Gasteiger partial charge in [0.1, 0.15) is 10.8 Å². The third-order valence-electron chi connectivity index (χ3n) is 3.17. The quantitative estimate of drug-likeness (QED) is 0.886. The second kappa shape index (κ2) is 3.62. The molecule has 1 aromatic heterocycles. The SMILES string of the molecule is Cc1cc(-c2csc(C3(N)CC3)n2)ccc1F. The minimum absolute atomic E-state index is 0.179. The molecule has 1 saturated carbocycles. The van der Waals surface area contributed by atoms with Crippen LogP contribution in [-0.4, -0.2) is 4.98 Å². The zero-order chi connectivity index (χ0) is 12.0. The van der Waals surface area contributed by atoms with Gasteiger partial charge in [-0.25, -0.2) is 9.37 Å². The van der Waals surface area contributed by atoms with Crippen molar-refractivity contribution in [1.29, 1.82) is 0 Å². The molecule has 0 saturated heterocycles. The first-order chi connectivity index (χ1) is 8.08. The van der Waals surface area contributed by atoms with Gasteiger partial charge in [0.25, 0.3) is 0 Å². The van der Waals surface area contributed by atoms with Crippen molar-refractivity contribution in [3.05, 3.63) is 40.0 Å². The van der Waals surface area contributed by atoms with Crippen LogP contribution in [0.3, 0.4) is 0 Å². The van der Waals surface area contributed by atoms with E-state index in [1.165, 1.54) is 6.07 Å². The van der Waals surface area contributed by atoms with Crippen molar-refractivity contribution in [2.45, 2.75) is 25.3 Å². The van der Waals surface area contributed by atoms with E-state index in [2.05, 4.69) is 4.98 Å². The van der Waals surface area contributed by atoms with Gasteiger partial charge in [-0.15, -0.1) is 11.3 Å². The predicted molar refractivity (Wildman–Crippen MR) is 67.3 cm³/mol. The largest absolute Gasteiger partial charge is 0.319 e. The molecule has 1 aromatic carbocycles. The van der Waals surface area contributed by atoms with Crippen LogP contribution in [0.4, 0.5) is 4.39 Å². The standard InChI is InChI=1S/C13H13FN2S/c1-8-6-9(2-3-10(8)14)11-7-17-12(16-11)13(15)4-5-13/h2-3,6-7H,4-5,15H2,1H3. The first-order valence-corrected chi connectivity index (χ1v) is 6.48. The Labute approximate surface area is 103 Å². The van der Waals surface area contributed by atoms with Crippen molar-refractivity contribution in [3.8, 4) is 11.3 Å². The van der Waals surface area contributed by atoms with Crippen molar-refractivity contribution >= 4 is 11.3 Å². The van der Waals surface area contributed by atoms with Crippen LogP contribution in [0, 0.1) is 12.7 Å². The Balaban J connectivity index is 1.98. The Bertz CT molecular complexity index is 573. The molecule has 0 atom stereocenters. The van der Waals surface area contributed by atoms with Crippen LogP contribution in [0.25, 0.3) is 11.3 Å². The molecule has 88 valence electrons. The molecular formula is C13H13FN2S. The Morgan fingerprint density at radius 2 is 2.18 bits per heavy atom. The third-order valence-corrected chi connectivity index (χ3v) is 4.23. The lowest BCUT2D eigenvalue weighted by Gasteiger charge is -2.02. The van der Waals surface area contributed by atoms with Gasteiger partial charge in [0.2, 0.25) is 0 Å². The molecule has 1 heterocycles. The summed E-state index contributed by atoms with van der Waals surface area (Å²) < 4.78 is 13.2. The molecule has 0 spiro atoms. The summed E-state index contributed by atoms with van der Waals surface area (Å²) in [5.41, 5.74) is 8.41. The summed E-state index contributed by atoms with van der Waals surface area (Å²) in [4.78, 5) is 4.56. The molecular weight excluding hydrogens is 235 g/mol. The van der Waals surface area contributed by atoms with Gasteiger partial charge in [0.05, 0.1) is 11.2 Å². The lowest BCUT2D eigenvalue weighted by molar-refractivity contribution is 0.618. The summed E-state index contributed by atoms with van der Waals surface area (Å²) in [6.45, 7) is 1.76. The molecule has 2 N–H and O–H groups in total. The topological polar surface area (TPSA) is 38.9 Å². The number of nitrogens with two attached hydrogens (primary N) is 1. The average Bonchev–Trinajstić information content (AvgIpc) is 2.88. The van der Waals surface area contributed by atoms with Crippen molar-refractivity contribution in [2.24, 2.45) is 5.73 Å². The molecule has 2 nitrogen and oxygen atoms in total. The number of hydrogen-bond donors (Lipinski definition) is 1. The highest BCUT2D eigenvalue weighted by Crippen LogP contribution is 2.44. The molecule has 0 bridgehead atoms. The number of nitrogens with zero attached hydrogens (tertiary/aromatic N) is 1. The van der Waals surface area contributed by atoms with Crippen LogP contribution in [0.5, 0.6) is 0 Å². The Kier molecular flexibility index (Phi) is 2.31. The Morgan fingerprint density at radius 1 is 1.41 bits per heavy atom. The number of benzene rings is 1. The minimum atomic E-state index is -0.183. The molecule has 0 radical (unpaired) electrons. The fourth-order valence-electron chi connectivity index (χ4n) is 1.79. The highest BCUT2D eigenvalue weighted by molar-refractivity contribution is 7.10. The molecule has 2 aromatic rings. The van der Waals surface area contributed by atoms with E-state index in [-0.39, 0.29) is 11.4 Å². The minimum Gasteiger partial charge on any atom is -0.319 e. The van der Waals surface area contributed by atoms with Crippen LogP contribution in [0.1, 0.15) is 23.4 Å². The summed E-state index contributed by atoms with van der Waals surface area (Å²) in [7, 11) is 0. The van der Waals surface area contributed by atoms with E-state index in [1.807, 2.05) is 11.4 Å². The first kappa shape index (κ1) is 10.9. The Morgan fingerprint density at radius 3 is 2.82 bits per heavy atom.